The van der Waals surface area contributed by atoms with Gasteiger partial charge in [-0.3, -0.25) is 14.9 Å². The predicted molar refractivity (Wildman–Crippen MR) is 85.9 cm³/mol. The number of carboxylic acid groups (broad SMARTS) is 1. The summed E-state index contributed by atoms with van der Waals surface area (Å²) in [5.74, 6) is -1.75. The lowest BCUT2D eigenvalue weighted by Gasteiger charge is -2.10. The summed E-state index contributed by atoms with van der Waals surface area (Å²) in [6, 6.07) is 8.15. The van der Waals surface area contributed by atoms with E-state index in [2.05, 4.69) is 20.5 Å². The number of carbonyl (C=O) groups excluding carboxylic acids is 1. The van der Waals surface area contributed by atoms with Crippen molar-refractivity contribution in [1.29, 1.82) is 0 Å². The van der Waals surface area contributed by atoms with Crippen LogP contribution in [0.5, 0.6) is 0 Å². The van der Waals surface area contributed by atoms with Gasteiger partial charge in [0.15, 0.2) is 5.69 Å². The number of aromatic carboxylic acids is 1. The fourth-order valence-corrected chi connectivity index (χ4v) is 2.43. The maximum absolute atomic E-state index is 12.3. The highest BCUT2D eigenvalue weighted by molar-refractivity contribution is 6.08. The summed E-state index contributed by atoms with van der Waals surface area (Å²) in [6.07, 6.45) is 0. The van der Waals surface area contributed by atoms with Crippen LogP contribution in [0.2, 0.25) is 0 Å². The first-order chi connectivity index (χ1) is 11.5. The Kier molecular flexibility index (Phi) is 3.97. The quantitative estimate of drug-likeness (QED) is 0.578. The summed E-state index contributed by atoms with van der Waals surface area (Å²) in [5.41, 5.74) is 2.21. The highest BCUT2D eigenvalue weighted by atomic mass is 16.4. The van der Waals surface area contributed by atoms with Gasteiger partial charge in [-0.25, -0.2) is 4.79 Å². The van der Waals surface area contributed by atoms with E-state index < -0.39 is 11.9 Å². The molecule has 2 heterocycles. The number of aliphatic hydroxyl groups excluding tert-OH is 1. The van der Waals surface area contributed by atoms with Crippen LogP contribution < -0.4 is 5.32 Å². The average molecular weight is 326 g/mol. The SMILES string of the molecule is Cc1cc(CO)c2cccc(NC(=O)c3cc(C(=O)O)[nH]n3)c2n1. The Hall–Kier alpha value is -3.26. The van der Waals surface area contributed by atoms with Gasteiger partial charge in [0.2, 0.25) is 0 Å². The molecule has 3 rings (SSSR count). The third-order valence-corrected chi connectivity index (χ3v) is 3.51. The summed E-state index contributed by atoms with van der Waals surface area (Å²) in [4.78, 5) is 27.5. The number of aryl methyl sites for hydroxylation is 1. The number of aliphatic hydroxyl groups is 1. The maximum Gasteiger partial charge on any atom is 0.353 e. The van der Waals surface area contributed by atoms with Gasteiger partial charge in [0.25, 0.3) is 5.91 Å². The monoisotopic (exact) mass is 326 g/mol. The minimum atomic E-state index is -1.20. The summed E-state index contributed by atoms with van der Waals surface area (Å²) in [6.45, 7) is 1.66. The van der Waals surface area contributed by atoms with Gasteiger partial charge in [-0.1, -0.05) is 12.1 Å². The topological polar surface area (TPSA) is 128 Å². The van der Waals surface area contributed by atoms with E-state index in [0.29, 0.717) is 22.5 Å². The van der Waals surface area contributed by atoms with Crippen molar-refractivity contribution in [2.45, 2.75) is 13.5 Å². The van der Waals surface area contributed by atoms with Gasteiger partial charge in [-0.05, 0) is 24.6 Å². The molecule has 0 aliphatic heterocycles. The molecule has 0 unspecified atom stereocenters. The second-order valence-corrected chi connectivity index (χ2v) is 5.21. The molecule has 4 N–H and O–H groups in total. The zero-order chi connectivity index (χ0) is 17.3. The molecule has 2 aromatic heterocycles. The predicted octanol–water partition coefficient (Wildman–Crippen LogP) is 1.71. The molecule has 1 aromatic carbocycles. The summed E-state index contributed by atoms with van der Waals surface area (Å²) in [7, 11) is 0. The van der Waals surface area contributed by atoms with Crippen LogP contribution in [0.3, 0.4) is 0 Å². The molecule has 0 aliphatic rings. The van der Waals surface area contributed by atoms with Crippen LogP contribution in [-0.2, 0) is 6.61 Å². The molecule has 0 fully saturated rings. The van der Waals surface area contributed by atoms with Gasteiger partial charge >= 0.3 is 5.97 Å². The zero-order valence-corrected chi connectivity index (χ0v) is 12.7. The van der Waals surface area contributed by atoms with Crippen molar-refractivity contribution in [1.82, 2.24) is 15.2 Å². The molecule has 122 valence electrons. The molecule has 8 nitrogen and oxygen atoms in total. The molecule has 0 saturated carbocycles. The first-order valence-electron chi connectivity index (χ1n) is 7.09. The number of amides is 1. The van der Waals surface area contributed by atoms with Crippen LogP contribution in [0.1, 0.15) is 32.2 Å². The molecular weight excluding hydrogens is 312 g/mol. The van der Waals surface area contributed by atoms with E-state index in [0.717, 1.165) is 11.5 Å². The number of hydrogen-bond acceptors (Lipinski definition) is 5. The summed E-state index contributed by atoms with van der Waals surface area (Å²) in [5, 5.41) is 27.7. The van der Waals surface area contributed by atoms with Crippen LogP contribution in [0.25, 0.3) is 10.9 Å². The van der Waals surface area contributed by atoms with Crippen LogP contribution in [0, 0.1) is 6.92 Å². The lowest BCUT2D eigenvalue weighted by atomic mass is 10.1. The highest BCUT2D eigenvalue weighted by Gasteiger charge is 2.16. The van der Waals surface area contributed by atoms with Crippen molar-refractivity contribution in [2.75, 3.05) is 5.32 Å². The average Bonchev–Trinajstić information content (AvgIpc) is 3.05. The second kappa shape index (κ2) is 6.09. The fourth-order valence-electron chi connectivity index (χ4n) is 2.43. The van der Waals surface area contributed by atoms with E-state index in [1.807, 2.05) is 0 Å². The Morgan fingerprint density at radius 3 is 2.75 bits per heavy atom. The van der Waals surface area contributed by atoms with E-state index in [1.54, 1.807) is 31.2 Å². The molecular formula is C16H14N4O4. The lowest BCUT2D eigenvalue weighted by molar-refractivity contribution is 0.0690. The molecule has 0 bridgehead atoms. The first-order valence-corrected chi connectivity index (χ1v) is 7.09. The van der Waals surface area contributed by atoms with Crippen molar-refractivity contribution in [3.63, 3.8) is 0 Å². The standard InChI is InChI=1S/C16H14N4O4/c1-8-5-9(7-21)10-3-2-4-11(14(10)17-8)18-15(22)12-6-13(16(23)24)20-19-12/h2-6,21H,7H2,1H3,(H,18,22)(H,19,20)(H,23,24). The Morgan fingerprint density at radius 1 is 1.29 bits per heavy atom. The normalized spacial score (nSPS) is 10.8. The zero-order valence-electron chi connectivity index (χ0n) is 12.7. The molecule has 0 atom stereocenters. The van der Waals surface area contributed by atoms with Gasteiger partial charge in [-0.15, -0.1) is 0 Å². The second-order valence-electron chi connectivity index (χ2n) is 5.21. The van der Waals surface area contributed by atoms with Gasteiger partial charge in [0.1, 0.15) is 5.69 Å². The largest absolute Gasteiger partial charge is 0.477 e. The number of benzene rings is 1. The van der Waals surface area contributed by atoms with E-state index in [1.165, 1.54) is 0 Å². The molecule has 0 aliphatic carbocycles. The first kappa shape index (κ1) is 15.6. The van der Waals surface area contributed by atoms with Crippen LogP contribution in [0.4, 0.5) is 5.69 Å². The Morgan fingerprint density at radius 2 is 2.08 bits per heavy atom. The third kappa shape index (κ3) is 2.82. The van der Waals surface area contributed by atoms with Crippen LogP contribution in [-0.4, -0.2) is 37.3 Å². The fraction of sp³-hybridized carbons (Fsp3) is 0.125. The molecule has 1 amide bonds. The summed E-state index contributed by atoms with van der Waals surface area (Å²) < 4.78 is 0. The number of nitrogens with one attached hydrogen (secondary N) is 2. The molecule has 8 heteroatoms. The number of para-hydroxylation sites is 1. The van der Waals surface area contributed by atoms with E-state index in [9.17, 15) is 14.7 Å². The summed E-state index contributed by atoms with van der Waals surface area (Å²) >= 11 is 0. The van der Waals surface area contributed by atoms with Gasteiger partial charge in [0, 0.05) is 17.1 Å². The van der Waals surface area contributed by atoms with Gasteiger partial charge < -0.3 is 15.5 Å². The number of pyridine rings is 1. The number of fused-ring (bicyclic) bond motifs is 1. The van der Waals surface area contributed by atoms with Crippen molar-refractivity contribution in [3.05, 3.63) is 53.0 Å². The number of carboxylic acids is 1. The Labute approximate surface area is 136 Å². The number of carbonyl (C=O) groups is 2. The molecule has 0 spiro atoms. The van der Waals surface area contributed by atoms with Crippen molar-refractivity contribution >= 4 is 28.5 Å². The minimum Gasteiger partial charge on any atom is -0.477 e. The Bertz CT molecular complexity index is 948. The van der Waals surface area contributed by atoms with E-state index >= 15 is 0 Å². The number of aromatic nitrogens is 3. The van der Waals surface area contributed by atoms with E-state index in [4.69, 9.17) is 5.11 Å². The van der Waals surface area contributed by atoms with Gasteiger partial charge in [0.05, 0.1) is 17.8 Å². The van der Waals surface area contributed by atoms with Gasteiger partial charge in [-0.2, -0.15) is 5.10 Å². The molecule has 0 radical (unpaired) electrons. The maximum atomic E-state index is 12.3. The third-order valence-electron chi connectivity index (χ3n) is 3.51. The van der Waals surface area contributed by atoms with Crippen molar-refractivity contribution < 1.29 is 19.8 Å². The number of H-pyrrole nitrogens is 1. The minimum absolute atomic E-state index is 0.0422. The van der Waals surface area contributed by atoms with Crippen LogP contribution in [0.15, 0.2) is 30.3 Å². The molecule has 0 saturated heterocycles. The highest BCUT2D eigenvalue weighted by Crippen LogP contribution is 2.25. The number of hydrogen-bond donors (Lipinski definition) is 4. The number of anilines is 1. The van der Waals surface area contributed by atoms with Crippen molar-refractivity contribution in [2.24, 2.45) is 0 Å². The number of nitrogens with zero attached hydrogens (tertiary/aromatic N) is 2. The molecule has 3 aromatic rings. The molecule has 24 heavy (non-hydrogen) atoms. The smallest absolute Gasteiger partial charge is 0.353 e. The Balaban J connectivity index is 1.98. The number of rotatable bonds is 4. The van der Waals surface area contributed by atoms with E-state index in [-0.39, 0.29) is 18.0 Å². The number of aromatic amines is 1. The lowest BCUT2D eigenvalue weighted by Crippen LogP contribution is -2.13. The van der Waals surface area contributed by atoms with Crippen molar-refractivity contribution in [3.8, 4) is 0 Å². The van der Waals surface area contributed by atoms with Crippen LogP contribution >= 0.6 is 0 Å².